The van der Waals surface area contributed by atoms with Gasteiger partial charge < -0.3 is 10.5 Å². The van der Waals surface area contributed by atoms with E-state index in [1.165, 1.54) is 0 Å². The molecule has 0 fully saturated rings. The predicted octanol–water partition coefficient (Wildman–Crippen LogP) is 1.07. The molecule has 66 valence electrons. The smallest absolute Gasteiger partial charge is 0.217 e. The Morgan fingerprint density at radius 1 is 1.45 bits per heavy atom. The highest BCUT2D eigenvalue weighted by Crippen LogP contribution is 2.07. The second-order valence-electron chi connectivity index (χ2n) is 3.53. The van der Waals surface area contributed by atoms with Crippen molar-refractivity contribution in [1.29, 1.82) is 0 Å². The van der Waals surface area contributed by atoms with Gasteiger partial charge in [-0.2, -0.15) is 0 Å². The average Bonchev–Trinajstić information content (AvgIpc) is 1.78. The number of primary amides is 1. The van der Waals surface area contributed by atoms with E-state index in [-0.39, 0.29) is 11.5 Å². The van der Waals surface area contributed by atoms with E-state index in [9.17, 15) is 4.79 Å². The molecule has 0 unspecified atom stereocenters. The summed E-state index contributed by atoms with van der Waals surface area (Å²) in [6.45, 7) is 6.55. The zero-order valence-corrected chi connectivity index (χ0v) is 7.52. The molecule has 3 nitrogen and oxygen atoms in total. The van der Waals surface area contributed by atoms with E-state index in [0.717, 1.165) is 0 Å². The summed E-state index contributed by atoms with van der Waals surface area (Å²) in [4.78, 5) is 10.3. The molecule has 0 aliphatic carbocycles. The maximum absolute atomic E-state index is 10.3. The molecule has 0 saturated carbocycles. The largest absolute Gasteiger partial charge is 0.376 e. The minimum absolute atomic E-state index is 0.113. The Hall–Kier alpha value is -0.570. The van der Waals surface area contributed by atoms with Gasteiger partial charge in [0.05, 0.1) is 5.60 Å². The van der Waals surface area contributed by atoms with Crippen molar-refractivity contribution in [2.24, 2.45) is 5.73 Å². The van der Waals surface area contributed by atoms with Gasteiger partial charge in [-0.05, 0) is 27.2 Å². The molecule has 0 radical (unpaired) electrons. The summed E-state index contributed by atoms with van der Waals surface area (Å²) >= 11 is 0. The third-order valence-electron chi connectivity index (χ3n) is 1.10. The van der Waals surface area contributed by atoms with Gasteiger partial charge in [0.2, 0.25) is 5.91 Å². The molecule has 2 N–H and O–H groups in total. The molecule has 0 aromatic rings. The first-order chi connectivity index (χ1) is 4.92. The Morgan fingerprint density at radius 2 is 2.00 bits per heavy atom. The lowest BCUT2D eigenvalue weighted by Crippen LogP contribution is -2.20. The molecule has 0 saturated heterocycles. The van der Waals surface area contributed by atoms with E-state index < -0.39 is 0 Å². The number of carbonyl (C=O) groups excluding carboxylic acids is 1. The number of rotatable bonds is 4. The van der Waals surface area contributed by atoms with Crippen LogP contribution in [0.15, 0.2) is 0 Å². The third kappa shape index (κ3) is 9.43. The summed E-state index contributed by atoms with van der Waals surface area (Å²) < 4.78 is 5.37. The van der Waals surface area contributed by atoms with E-state index in [2.05, 4.69) is 0 Å². The molecule has 0 spiro atoms. The minimum atomic E-state index is -0.262. The topological polar surface area (TPSA) is 52.3 Å². The molecule has 0 bridgehead atoms. The van der Waals surface area contributed by atoms with E-state index in [0.29, 0.717) is 19.4 Å². The zero-order valence-electron chi connectivity index (χ0n) is 7.52. The molecule has 11 heavy (non-hydrogen) atoms. The van der Waals surface area contributed by atoms with Crippen LogP contribution in [0.4, 0.5) is 0 Å². The standard InChI is InChI=1S/C8H17NO2/c1-8(2,3)11-6-4-5-7(9)10/h4-6H2,1-3H3,(H2,9,10). The molecule has 0 aromatic carbocycles. The van der Waals surface area contributed by atoms with Gasteiger partial charge in [-0.3, -0.25) is 4.79 Å². The molecule has 1 amide bonds. The van der Waals surface area contributed by atoms with Crippen LogP contribution in [0.25, 0.3) is 0 Å². The average molecular weight is 159 g/mol. The lowest BCUT2D eigenvalue weighted by atomic mass is 10.2. The van der Waals surface area contributed by atoms with Crippen LogP contribution in [-0.2, 0) is 9.53 Å². The first kappa shape index (κ1) is 10.4. The van der Waals surface area contributed by atoms with Gasteiger partial charge in [-0.25, -0.2) is 0 Å². The van der Waals surface area contributed by atoms with Crippen molar-refractivity contribution in [2.45, 2.75) is 39.2 Å². The SMILES string of the molecule is CC(C)(C)OCCCC(N)=O. The maximum atomic E-state index is 10.3. The van der Waals surface area contributed by atoms with Gasteiger partial charge in [0.1, 0.15) is 0 Å². The number of nitrogens with two attached hydrogens (primary N) is 1. The van der Waals surface area contributed by atoms with Gasteiger partial charge in [-0.15, -0.1) is 0 Å². The van der Waals surface area contributed by atoms with Crippen molar-refractivity contribution in [1.82, 2.24) is 0 Å². The van der Waals surface area contributed by atoms with Crippen LogP contribution in [0.5, 0.6) is 0 Å². The highest BCUT2D eigenvalue weighted by molar-refractivity contribution is 5.73. The lowest BCUT2D eigenvalue weighted by molar-refractivity contribution is -0.118. The van der Waals surface area contributed by atoms with Crippen molar-refractivity contribution >= 4 is 5.91 Å². The van der Waals surface area contributed by atoms with Gasteiger partial charge in [0, 0.05) is 13.0 Å². The molecule has 0 aromatic heterocycles. The van der Waals surface area contributed by atoms with Crippen LogP contribution in [0.1, 0.15) is 33.6 Å². The number of ether oxygens (including phenoxy) is 1. The minimum Gasteiger partial charge on any atom is -0.376 e. The van der Waals surface area contributed by atoms with E-state index >= 15 is 0 Å². The summed E-state index contributed by atoms with van der Waals surface area (Å²) in [6, 6.07) is 0. The lowest BCUT2D eigenvalue weighted by Gasteiger charge is -2.18. The van der Waals surface area contributed by atoms with Crippen molar-refractivity contribution in [3.8, 4) is 0 Å². The van der Waals surface area contributed by atoms with Crippen molar-refractivity contribution < 1.29 is 9.53 Å². The third-order valence-corrected chi connectivity index (χ3v) is 1.10. The van der Waals surface area contributed by atoms with Crippen LogP contribution >= 0.6 is 0 Å². The molecule has 0 atom stereocenters. The molecule has 0 rings (SSSR count). The normalized spacial score (nSPS) is 11.5. The van der Waals surface area contributed by atoms with Gasteiger partial charge in [0.15, 0.2) is 0 Å². The van der Waals surface area contributed by atoms with Crippen LogP contribution < -0.4 is 5.73 Å². The van der Waals surface area contributed by atoms with Crippen molar-refractivity contribution in [3.05, 3.63) is 0 Å². The zero-order chi connectivity index (χ0) is 8.91. The number of amides is 1. The number of hydrogen-bond donors (Lipinski definition) is 1. The summed E-state index contributed by atoms with van der Waals surface area (Å²) in [5.41, 5.74) is 4.83. The highest BCUT2D eigenvalue weighted by atomic mass is 16.5. The van der Waals surface area contributed by atoms with E-state index in [1.54, 1.807) is 0 Å². The Morgan fingerprint density at radius 3 is 2.36 bits per heavy atom. The van der Waals surface area contributed by atoms with Crippen LogP contribution in [0, 0.1) is 0 Å². The van der Waals surface area contributed by atoms with Crippen LogP contribution in [0.2, 0.25) is 0 Å². The fraction of sp³-hybridized carbons (Fsp3) is 0.875. The second kappa shape index (κ2) is 4.34. The summed E-state index contributed by atoms with van der Waals surface area (Å²) in [7, 11) is 0. The van der Waals surface area contributed by atoms with Gasteiger partial charge >= 0.3 is 0 Å². The molecule has 0 aliphatic heterocycles. The second-order valence-corrected chi connectivity index (χ2v) is 3.53. The van der Waals surface area contributed by atoms with E-state index in [1.807, 2.05) is 20.8 Å². The Labute approximate surface area is 67.9 Å². The summed E-state index contributed by atoms with van der Waals surface area (Å²) in [5.74, 6) is -0.262. The molecule has 3 heteroatoms. The maximum Gasteiger partial charge on any atom is 0.217 e. The molecular weight excluding hydrogens is 142 g/mol. The van der Waals surface area contributed by atoms with Crippen LogP contribution in [0.3, 0.4) is 0 Å². The molecule has 0 heterocycles. The first-order valence-corrected chi connectivity index (χ1v) is 3.84. The van der Waals surface area contributed by atoms with Gasteiger partial charge in [-0.1, -0.05) is 0 Å². The number of hydrogen-bond acceptors (Lipinski definition) is 2. The quantitative estimate of drug-likeness (QED) is 0.624. The highest BCUT2D eigenvalue weighted by Gasteiger charge is 2.08. The molecule has 0 aliphatic rings. The fourth-order valence-electron chi connectivity index (χ4n) is 0.625. The van der Waals surface area contributed by atoms with Crippen molar-refractivity contribution in [3.63, 3.8) is 0 Å². The Balaban J connectivity index is 3.22. The Bertz CT molecular complexity index is 127. The van der Waals surface area contributed by atoms with Gasteiger partial charge in [0.25, 0.3) is 0 Å². The number of carbonyl (C=O) groups is 1. The summed E-state index contributed by atoms with van der Waals surface area (Å²) in [5, 5.41) is 0. The van der Waals surface area contributed by atoms with Crippen LogP contribution in [-0.4, -0.2) is 18.1 Å². The Kier molecular flexibility index (Phi) is 4.11. The predicted molar refractivity (Wildman–Crippen MR) is 44.1 cm³/mol. The first-order valence-electron chi connectivity index (χ1n) is 3.84. The van der Waals surface area contributed by atoms with Crippen molar-refractivity contribution in [2.75, 3.05) is 6.61 Å². The summed E-state index contributed by atoms with van der Waals surface area (Å²) in [6.07, 6.45) is 1.13. The fourth-order valence-corrected chi connectivity index (χ4v) is 0.625. The monoisotopic (exact) mass is 159 g/mol. The van der Waals surface area contributed by atoms with E-state index in [4.69, 9.17) is 10.5 Å². The molecular formula is C8H17NO2.